The summed E-state index contributed by atoms with van der Waals surface area (Å²) in [5.74, 6) is 1.18. The van der Waals surface area contributed by atoms with Gasteiger partial charge in [0.25, 0.3) is 5.91 Å². The summed E-state index contributed by atoms with van der Waals surface area (Å²) in [4.78, 5) is 24.2. The number of rotatable bonds is 2. The first-order valence-corrected chi connectivity index (χ1v) is 10.1. The fourth-order valence-electron chi connectivity index (χ4n) is 5.79. The summed E-state index contributed by atoms with van der Waals surface area (Å²) in [5, 5.41) is 0. The third-order valence-corrected chi connectivity index (χ3v) is 7.12. The number of carbonyl (C=O) groups is 1. The number of aromatic nitrogens is 3. The molecule has 3 saturated heterocycles. The summed E-state index contributed by atoms with van der Waals surface area (Å²) in [6.45, 7) is 1.67. The Morgan fingerprint density at radius 2 is 1.77 bits per heavy atom. The molecule has 6 nitrogen and oxygen atoms in total. The number of hydrogen-bond acceptors (Lipinski definition) is 4. The average Bonchev–Trinajstić information content (AvgIpc) is 3.47. The molecular weight excluding hydrogens is 328 g/mol. The molecular formula is C20H24N4O2. The van der Waals surface area contributed by atoms with Crippen LogP contribution in [0.3, 0.4) is 0 Å². The zero-order chi connectivity index (χ0) is 17.3. The molecule has 4 fully saturated rings. The van der Waals surface area contributed by atoms with Crippen LogP contribution in [-0.4, -0.2) is 50.6 Å². The van der Waals surface area contributed by atoms with E-state index in [0.29, 0.717) is 35.6 Å². The standard InChI is InChI=1S/C20H24N4O2/c25-20(23-9-14-15(10-23)18-6-5-17(14)26-18)12-7-16-19(21-8-12)24(11-22-16)13-3-1-2-4-13/h7-8,11,13-15,17-18H,1-6,9-10H2/t14-,15+,17+,18-. The largest absolute Gasteiger partial charge is 0.374 e. The van der Waals surface area contributed by atoms with Crippen LogP contribution in [0.2, 0.25) is 0 Å². The third-order valence-electron chi connectivity index (χ3n) is 7.12. The van der Waals surface area contributed by atoms with Gasteiger partial charge in [0.1, 0.15) is 5.52 Å². The SMILES string of the molecule is O=C(c1cnc2c(c1)ncn2C1CCCC1)N1C[C@@H]2[C@H](C1)[C@H]1CC[C@@H]2O1. The maximum atomic E-state index is 13.0. The first-order chi connectivity index (χ1) is 12.8. The molecule has 136 valence electrons. The van der Waals surface area contributed by atoms with E-state index in [0.717, 1.165) is 24.3 Å². The summed E-state index contributed by atoms with van der Waals surface area (Å²) in [5.41, 5.74) is 2.42. The van der Waals surface area contributed by atoms with Crippen LogP contribution in [-0.2, 0) is 4.74 Å². The quantitative estimate of drug-likeness (QED) is 0.834. The smallest absolute Gasteiger partial charge is 0.255 e. The highest BCUT2D eigenvalue weighted by molar-refractivity contribution is 5.96. The summed E-state index contributed by atoms with van der Waals surface area (Å²) in [6, 6.07) is 2.44. The number of amides is 1. The minimum Gasteiger partial charge on any atom is -0.374 e. The van der Waals surface area contributed by atoms with Crippen LogP contribution in [0.4, 0.5) is 0 Å². The molecule has 1 saturated carbocycles. The maximum Gasteiger partial charge on any atom is 0.255 e. The predicted octanol–water partition coefficient (Wildman–Crippen LogP) is 2.80. The highest BCUT2D eigenvalue weighted by atomic mass is 16.5. The second-order valence-corrected chi connectivity index (χ2v) is 8.49. The van der Waals surface area contributed by atoms with Gasteiger partial charge in [0.15, 0.2) is 5.65 Å². The minimum absolute atomic E-state index is 0.101. The fourth-order valence-corrected chi connectivity index (χ4v) is 5.79. The van der Waals surface area contributed by atoms with Crippen molar-refractivity contribution in [2.24, 2.45) is 11.8 Å². The summed E-state index contributed by atoms with van der Waals surface area (Å²) in [7, 11) is 0. The predicted molar refractivity (Wildman–Crippen MR) is 95.8 cm³/mol. The van der Waals surface area contributed by atoms with Crippen molar-refractivity contribution in [3.63, 3.8) is 0 Å². The number of hydrogen-bond donors (Lipinski definition) is 0. The van der Waals surface area contributed by atoms with E-state index < -0.39 is 0 Å². The van der Waals surface area contributed by atoms with Crippen molar-refractivity contribution in [3.05, 3.63) is 24.2 Å². The normalized spacial score (nSPS) is 33.5. The van der Waals surface area contributed by atoms with E-state index in [1.807, 2.05) is 17.3 Å². The van der Waals surface area contributed by atoms with E-state index in [2.05, 4.69) is 14.5 Å². The highest BCUT2D eigenvalue weighted by Crippen LogP contribution is 2.47. The first kappa shape index (κ1) is 15.1. The van der Waals surface area contributed by atoms with Gasteiger partial charge in [0.05, 0.1) is 24.1 Å². The van der Waals surface area contributed by atoms with Gasteiger partial charge >= 0.3 is 0 Å². The molecule has 2 bridgehead atoms. The van der Waals surface area contributed by atoms with Crippen molar-refractivity contribution in [1.82, 2.24) is 19.4 Å². The number of fused-ring (bicyclic) bond motifs is 6. The van der Waals surface area contributed by atoms with E-state index in [4.69, 9.17) is 4.74 Å². The molecule has 4 atom stereocenters. The number of likely N-dealkylation sites (tertiary alicyclic amines) is 1. The molecule has 26 heavy (non-hydrogen) atoms. The Hall–Kier alpha value is -1.95. The molecule has 2 aromatic rings. The van der Waals surface area contributed by atoms with Gasteiger partial charge in [-0.25, -0.2) is 9.97 Å². The Labute approximate surface area is 152 Å². The van der Waals surface area contributed by atoms with Gasteiger partial charge in [-0.3, -0.25) is 4.79 Å². The Kier molecular flexibility index (Phi) is 3.22. The van der Waals surface area contributed by atoms with E-state index in [-0.39, 0.29) is 5.91 Å². The number of nitrogens with zero attached hydrogens (tertiary/aromatic N) is 4. The molecule has 2 aromatic heterocycles. The molecule has 4 aliphatic rings. The molecule has 0 N–H and O–H groups in total. The fraction of sp³-hybridized carbons (Fsp3) is 0.650. The van der Waals surface area contributed by atoms with Gasteiger partial charge in [-0.2, -0.15) is 0 Å². The van der Waals surface area contributed by atoms with Crippen LogP contribution < -0.4 is 0 Å². The first-order valence-electron chi connectivity index (χ1n) is 10.1. The lowest BCUT2D eigenvalue weighted by molar-refractivity contribution is 0.0594. The molecule has 0 radical (unpaired) electrons. The molecule has 0 aromatic carbocycles. The second kappa shape index (κ2) is 5.52. The molecule has 0 unspecified atom stereocenters. The van der Waals surface area contributed by atoms with Gasteiger partial charge in [-0.05, 0) is 31.7 Å². The van der Waals surface area contributed by atoms with Crippen LogP contribution >= 0.6 is 0 Å². The van der Waals surface area contributed by atoms with E-state index >= 15 is 0 Å². The van der Waals surface area contributed by atoms with Crippen molar-refractivity contribution in [2.45, 2.75) is 56.8 Å². The van der Waals surface area contributed by atoms with Crippen LogP contribution in [0.25, 0.3) is 11.2 Å². The molecule has 1 amide bonds. The van der Waals surface area contributed by atoms with Gasteiger partial charge in [0.2, 0.25) is 0 Å². The monoisotopic (exact) mass is 352 g/mol. The average molecular weight is 352 g/mol. The number of pyridine rings is 1. The molecule has 6 rings (SSSR count). The maximum absolute atomic E-state index is 13.0. The second-order valence-electron chi connectivity index (χ2n) is 8.49. The van der Waals surface area contributed by atoms with Crippen LogP contribution in [0, 0.1) is 11.8 Å². The van der Waals surface area contributed by atoms with E-state index in [9.17, 15) is 4.79 Å². The summed E-state index contributed by atoms with van der Waals surface area (Å²) < 4.78 is 8.22. The molecule has 6 heteroatoms. The minimum atomic E-state index is 0.101. The number of carbonyl (C=O) groups excluding carboxylic acids is 1. The van der Waals surface area contributed by atoms with E-state index in [1.165, 1.54) is 38.5 Å². The van der Waals surface area contributed by atoms with Crippen molar-refractivity contribution < 1.29 is 9.53 Å². The molecule has 0 spiro atoms. The van der Waals surface area contributed by atoms with Gasteiger partial charge < -0.3 is 14.2 Å². The van der Waals surface area contributed by atoms with Crippen molar-refractivity contribution >= 4 is 17.1 Å². The van der Waals surface area contributed by atoms with Crippen LogP contribution in [0.1, 0.15) is 54.9 Å². The van der Waals surface area contributed by atoms with Crippen molar-refractivity contribution in [2.75, 3.05) is 13.1 Å². The third kappa shape index (κ3) is 2.11. The highest BCUT2D eigenvalue weighted by Gasteiger charge is 2.53. The van der Waals surface area contributed by atoms with Gasteiger partial charge in [0, 0.05) is 37.2 Å². The Morgan fingerprint density at radius 3 is 2.50 bits per heavy atom. The van der Waals surface area contributed by atoms with Crippen LogP contribution in [0.15, 0.2) is 18.6 Å². The molecule has 5 heterocycles. The Bertz CT molecular complexity index is 854. The number of imidazole rings is 1. The summed E-state index contributed by atoms with van der Waals surface area (Å²) >= 11 is 0. The molecule has 3 aliphatic heterocycles. The zero-order valence-electron chi connectivity index (χ0n) is 14.9. The Balaban J connectivity index is 1.26. The molecule has 1 aliphatic carbocycles. The lowest BCUT2D eigenvalue weighted by Crippen LogP contribution is -2.31. The number of ether oxygens (including phenoxy) is 1. The van der Waals surface area contributed by atoms with Crippen molar-refractivity contribution in [3.8, 4) is 0 Å². The van der Waals surface area contributed by atoms with Crippen LogP contribution in [0.5, 0.6) is 0 Å². The van der Waals surface area contributed by atoms with Gasteiger partial charge in [-0.1, -0.05) is 12.8 Å². The zero-order valence-corrected chi connectivity index (χ0v) is 14.9. The lowest BCUT2D eigenvalue weighted by atomic mass is 9.82. The topological polar surface area (TPSA) is 60.2 Å². The van der Waals surface area contributed by atoms with E-state index in [1.54, 1.807) is 6.20 Å². The summed E-state index contributed by atoms with van der Waals surface area (Å²) in [6.07, 6.45) is 11.7. The Morgan fingerprint density at radius 1 is 1.04 bits per heavy atom. The lowest BCUT2D eigenvalue weighted by Gasteiger charge is -2.19. The van der Waals surface area contributed by atoms with Crippen molar-refractivity contribution in [1.29, 1.82) is 0 Å². The van der Waals surface area contributed by atoms with Gasteiger partial charge in [-0.15, -0.1) is 0 Å².